The van der Waals surface area contributed by atoms with Crippen LogP contribution in [0.1, 0.15) is 12.2 Å². The van der Waals surface area contributed by atoms with Crippen molar-refractivity contribution >= 4 is 15.6 Å². The highest BCUT2D eigenvalue weighted by Gasteiger charge is 2.18. The Morgan fingerprint density at radius 2 is 2.18 bits per heavy atom. The Hall–Kier alpha value is -1.35. The monoisotopic (exact) mass is 261 g/mol. The van der Waals surface area contributed by atoms with Crippen molar-refractivity contribution in [1.82, 2.24) is 20.2 Å². The molecule has 1 unspecified atom stereocenters. The lowest BCUT2D eigenvalue weighted by atomic mass is 10.1. The number of carbonyl (C=O) groups is 1. The van der Waals surface area contributed by atoms with Crippen LogP contribution in [-0.4, -0.2) is 52.5 Å². The van der Waals surface area contributed by atoms with Crippen LogP contribution in [0.15, 0.2) is 0 Å². The molecule has 9 heteroatoms. The summed E-state index contributed by atoms with van der Waals surface area (Å²) in [4.78, 5) is 12.8. The smallest absolute Gasteiger partial charge is 0.182 e. The van der Waals surface area contributed by atoms with Gasteiger partial charge in [-0.15, -0.1) is 10.2 Å². The standard InChI is InChI=1S/C8H15N5O3S/c1-13-11-8(10-12-13)5-7(14)6(9)3-4-17(2,15)16/h6H,3-5,9H2,1-2H3. The molecule has 0 saturated carbocycles. The van der Waals surface area contributed by atoms with Gasteiger partial charge in [-0.05, 0) is 11.6 Å². The molecule has 0 aliphatic heterocycles. The van der Waals surface area contributed by atoms with E-state index in [2.05, 4.69) is 15.4 Å². The van der Waals surface area contributed by atoms with Crippen LogP contribution in [0, 0.1) is 0 Å². The van der Waals surface area contributed by atoms with E-state index in [1.807, 2.05) is 0 Å². The molecule has 0 spiro atoms. The maximum atomic E-state index is 11.6. The summed E-state index contributed by atoms with van der Waals surface area (Å²) >= 11 is 0. The topological polar surface area (TPSA) is 121 Å². The van der Waals surface area contributed by atoms with E-state index in [1.165, 1.54) is 4.80 Å². The van der Waals surface area contributed by atoms with Gasteiger partial charge >= 0.3 is 0 Å². The quantitative estimate of drug-likeness (QED) is 0.633. The van der Waals surface area contributed by atoms with Crippen molar-refractivity contribution in [3.63, 3.8) is 0 Å². The van der Waals surface area contributed by atoms with Crippen LogP contribution in [0.25, 0.3) is 0 Å². The maximum Gasteiger partial charge on any atom is 0.182 e. The second kappa shape index (κ2) is 5.32. The SMILES string of the molecule is Cn1nnc(CC(=O)C(N)CCS(C)(=O)=O)n1. The van der Waals surface area contributed by atoms with Gasteiger partial charge < -0.3 is 5.73 Å². The second-order valence-electron chi connectivity index (χ2n) is 3.86. The molecular formula is C8H15N5O3S. The number of rotatable bonds is 6. The predicted molar refractivity (Wildman–Crippen MR) is 59.8 cm³/mol. The van der Waals surface area contributed by atoms with Crippen molar-refractivity contribution in [2.45, 2.75) is 18.9 Å². The van der Waals surface area contributed by atoms with Crippen molar-refractivity contribution in [2.75, 3.05) is 12.0 Å². The van der Waals surface area contributed by atoms with Crippen molar-refractivity contribution in [2.24, 2.45) is 12.8 Å². The Labute approximate surface area is 99.1 Å². The lowest BCUT2D eigenvalue weighted by Gasteiger charge is -2.07. The highest BCUT2D eigenvalue weighted by Crippen LogP contribution is 1.99. The summed E-state index contributed by atoms with van der Waals surface area (Å²) in [6.07, 6.45) is 1.19. The van der Waals surface area contributed by atoms with Crippen molar-refractivity contribution in [1.29, 1.82) is 0 Å². The van der Waals surface area contributed by atoms with E-state index in [-0.39, 0.29) is 30.2 Å². The number of nitrogens with zero attached hydrogens (tertiary/aromatic N) is 4. The normalized spacial score (nSPS) is 13.6. The molecule has 0 radical (unpaired) electrons. The molecule has 1 rings (SSSR count). The van der Waals surface area contributed by atoms with Gasteiger partial charge in [0.05, 0.1) is 25.3 Å². The van der Waals surface area contributed by atoms with Crippen molar-refractivity contribution in [3.8, 4) is 0 Å². The summed E-state index contributed by atoms with van der Waals surface area (Å²) < 4.78 is 21.8. The highest BCUT2D eigenvalue weighted by atomic mass is 32.2. The largest absolute Gasteiger partial charge is 0.321 e. The fourth-order valence-electron chi connectivity index (χ4n) is 1.18. The Morgan fingerprint density at radius 1 is 1.53 bits per heavy atom. The number of nitrogens with two attached hydrogens (primary N) is 1. The molecule has 0 fully saturated rings. The molecule has 0 saturated heterocycles. The lowest BCUT2D eigenvalue weighted by molar-refractivity contribution is -0.119. The predicted octanol–water partition coefficient (Wildman–Crippen LogP) is -1.92. The summed E-state index contributed by atoms with van der Waals surface area (Å²) in [5, 5.41) is 11.1. The van der Waals surface area contributed by atoms with E-state index >= 15 is 0 Å². The van der Waals surface area contributed by atoms with Gasteiger partial charge in [-0.2, -0.15) is 4.80 Å². The first kappa shape index (κ1) is 13.7. The molecule has 0 aromatic carbocycles. The van der Waals surface area contributed by atoms with Gasteiger partial charge in [0.25, 0.3) is 0 Å². The van der Waals surface area contributed by atoms with Gasteiger partial charge in [0, 0.05) is 6.26 Å². The minimum Gasteiger partial charge on any atom is -0.321 e. The molecule has 0 aliphatic carbocycles. The summed E-state index contributed by atoms with van der Waals surface area (Å²) in [5.74, 6) is -0.109. The van der Waals surface area contributed by atoms with E-state index < -0.39 is 15.9 Å². The van der Waals surface area contributed by atoms with Gasteiger partial charge in [-0.25, -0.2) is 8.42 Å². The van der Waals surface area contributed by atoms with Gasteiger partial charge in [0.1, 0.15) is 9.84 Å². The molecule has 96 valence electrons. The number of carbonyl (C=O) groups excluding carboxylic acids is 1. The van der Waals surface area contributed by atoms with Crippen LogP contribution in [0.2, 0.25) is 0 Å². The highest BCUT2D eigenvalue weighted by molar-refractivity contribution is 7.90. The number of tetrazole rings is 1. The van der Waals surface area contributed by atoms with Crippen LogP contribution in [0.4, 0.5) is 0 Å². The van der Waals surface area contributed by atoms with Crippen LogP contribution >= 0.6 is 0 Å². The van der Waals surface area contributed by atoms with Gasteiger partial charge in [-0.3, -0.25) is 4.79 Å². The van der Waals surface area contributed by atoms with Crippen LogP contribution in [-0.2, 0) is 28.1 Å². The van der Waals surface area contributed by atoms with Crippen LogP contribution in [0.3, 0.4) is 0 Å². The number of aryl methyl sites for hydroxylation is 1. The number of hydrogen-bond donors (Lipinski definition) is 1. The molecule has 1 aromatic rings. The van der Waals surface area contributed by atoms with E-state index in [1.54, 1.807) is 7.05 Å². The van der Waals surface area contributed by atoms with E-state index in [0.29, 0.717) is 0 Å². The average molecular weight is 261 g/mol. The lowest BCUT2D eigenvalue weighted by Crippen LogP contribution is -2.34. The minimum atomic E-state index is -3.10. The van der Waals surface area contributed by atoms with Crippen LogP contribution < -0.4 is 5.73 Å². The van der Waals surface area contributed by atoms with Crippen molar-refractivity contribution < 1.29 is 13.2 Å². The molecule has 8 nitrogen and oxygen atoms in total. The first-order chi connectivity index (χ1) is 7.78. The summed E-state index contributed by atoms with van der Waals surface area (Å²) in [6.45, 7) is 0. The van der Waals surface area contributed by atoms with E-state index in [9.17, 15) is 13.2 Å². The number of ketones is 1. The molecule has 17 heavy (non-hydrogen) atoms. The number of aromatic nitrogens is 4. The molecule has 0 aliphatic rings. The number of sulfone groups is 1. The van der Waals surface area contributed by atoms with Gasteiger partial charge in [0.15, 0.2) is 11.6 Å². The fourth-order valence-corrected chi connectivity index (χ4v) is 1.87. The van der Waals surface area contributed by atoms with Gasteiger partial charge in [-0.1, -0.05) is 0 Å². The van der Waals surface area contributed by atoms with Crippen molar-refractivity contribution in [3.05, 3.63) is 5.82 Å². The second-order valence-corrected chi connectivity index (χ2v) is 6.12. The maximum absolute atomic E-state index is 11.6. The molecular weight excluding hydrogens is 246 g/mol. The summed E-state index contributed by atoms with van der Waals surface area (Å²) in [7, 11) is -1.51. The fraction of sp³-hybridized carbons (Fsp3) is 0.750. The summed E-state index contributed by atoms with van der Waals surface area (Å²) in [6, 6.07) is -0.812. The first-order valence-electron chi connectivity index (χ1n) is 4.97. The Morgan fingerprint density at radius 3 is 2.65 bits per heavy atom. The zero-order valence-corrected chi connectivity index (χ0v) is 10.5. The third kappa shape index (κ3) is 5.00. The van der Waals surface area contributed by atoms with E-state index in [0.717, 1.165) is 6.26 Å². The number of Topliss-reactive ketones (excluding diaryl/α,β-unsaturated/α-hetero) is 1. The number of hydrogen-bond acceptors (Lipinski definition) is 7. The molecule has 0 bridgehead atoms. The molecule has 1 aromatic heterocycles. The first-order valence-corrected chi connectivity index (χ1v) is 7.03. The van der Waals surface area contributed by atoms with E-state index in [4.69, 9.17) is 5.73 Å². The molecule has 1 heterocycles. The van der Waals surface area contributed by atoms with Crippen LogP contribution in [0.5, 0.6) is 0 Å². The molecule has 1 atom stereocenters. The Bertz CT molecular complexity index is 495. The zero-order chi connectivity index (χ0) is 13.1. The summed E-state index contributed by atoms with van der Waals surface area (Å²) in [5.41, 5.74) is 5.58. The van der Waals surface area contributed by atoms with Gasteiger partial charge in [0.2, 0.25) is 0 Å². The average Bonchev–Trinajstić information content (AvgIpc) is 2.59. The third-order valence-electron chi connectivity index (χ3n) is 2.10. The molecule has 0 amide bonds. The minimum absolute atomic E-state index is 0.0290. The zero-order valence-electron chi connectivity index (χ0n) is 9.70. The Balaban J connectivity index is 2.47. The third-order valence-corrected chi connectivity index (χ3v) is 3.07. The Kier molecular flexibility index (Phi) is 4.29. The molecule has 2 N–H and O–H groups in total.